The molecule has 7 heteroatoms. The van der Waals surface area contributed by atoms with Gasteiger partial charge in [-0.2, -0.15) is 0 Å². The molecule has 2 saturated carbocycles. The predicted molar refractivity (Wildman–Crippen MR) is 99.4 cm³/mol. The summed E-state index contributed by atoms with van der Waals surface area (Å²) in [5, 5.41) is 12.1. The van der Waals surface area contributed by atoms with Crippen LogP contribution in [0.15, 0.2) is 29.4 Å². The second kappa shape index (κ2) is 7.39. The summed E-state index contributed by atoms with van der Waals surface area (Å²) in [6, 6.07) is 7.23. The standard InChI is InChI=1S/C19H23FN4OS/c1-12(18(25)21-13-6-2-3-7-13)26-19-23-22-17(24(19)14-10-11-14)15-8-4-5-9-16(15)20/h4-5,8-9,12-14H,2-3,6-7,10-11H2,1H3,(H,21,25)/t12-/m0/s1. The van der Waals surface area contributed by atoms with Gasteiger partial charge in [0.25, 0.3) is 0 Å². The number of nitrogens with zero attached hydrogens (tertiary/aromatic N) is 3. The summed E-state index contributed by atoms with van der Waals surface area (Å²) >= 11 is 1.41. The highest BCUT2D eigenvalue weighted by atomic mass is 32.2. The van der Waals surface area contributed by atoms with Gasteiger partial charge in [-0.05, 0) is 44.7 Å². The van der Waals surface area contributed by atoms with E-state index < -0.39 is 0 Å². The van der Waals surface area contributed by atoms with Crippen molar-refractivity contribution in [2.45, 2.75) is 67.9 Å². The lowest BCUT2D eigenvalue weighted by Crippen LogP contribution is -2.37. The third kappa shape index (κ3) is 3.63. The van der Waals surface area contributed by atoms with Crippen LogP contribution >= 0.6 is 11.8 Å². The Balaban J connectivity index is 1.53. The van der Waals surface area contributed by atoms with Crippen LogP contribution in [0.1, 0.15) is 51.5 Å². The molecule has 1 aromatic carbocycles. The van der Waals surface area contributed by atoms with Crippen LogP contribution in [0.25, 0.3) is 11.4 Å². The number of hydrogen-bond acceptors (Lipinski definition) is 4. The molecule has 0 spiro atoms. The van der Waals surface area contributed by atoms with Crippen molar-refractivity contribution >= 4 is 17.7 Å². The maximum absolute atomic E-state index is 14.2. The quantitative estimate of drug-likeness (QED) is 0.778. The van der Waals surface area contributed by atoms with Gasteiger partial charge in [0.15, 0.2) is 11.0 Å². The second-order valence-corrected chi connectivity index (χ2v) is 8.45. The Kier molecular flexibility index (Phi) is 4.98. The molecule has 0 aliphatic heterocycles. The molecule has 4 rings (SSSR count). The Morgan fingerprint density at radius 3 is 2.65 bits per heavy atom. The molecule has 0 radical (unpaired) electrons. The maximum Gasteiger partial charge on any atom is 0.233 e. The monoisotopic (exact) mass is 374 g/mol. The van der Waals surface area contributed by atoms with Crippen LogP contribution in [0.5, 0.6) is 0 Å². The predicted octanol–water partition coefficient (Wildman–Crippen LogP) is 3.96. The number of nitrogens with one attached hydrogen (secondary N) is 1. The fourth-order valence-electron chi connectivity index (χ4n) is 3.45. The topological polar surface area (TPSA) is 59.8 Å². The molecular formula is C19H23FN4OS. The van der Waals surface area contributed by atoms with Crippen LogP contribution in [0.4, 0.5) is 4.39 Å². The zero-order valence-corrected chi connectivity index (χ0v) is 15.6. The number of thioether (sulfide) groups is 1. The van der Waals surface area contributed by atoms with Crippen LogP contribution in [0, 0.1) is 5.82 Å². The molecule has 2 fully saturated rings. The molecule has 0 unspecified atom stereocenters. The first kappa shape index (κ1) is 17.5. The highest BCUT2D eigenvalue weighted by molar-refractivity contribution is 8.00. The largest absolute Gasteiger partial charge is 0.352 e. The Morgan fingerprint density at radius 1 is 1.23 bits per heavy atom. The summed E-state index contributed by atoms with van der Waals surface area (Å²) in [6.45, 7) is 1.89. The fourth-order valence-corrected chi connectivity index (χ4v) is 4.37. The molecule has 26 heavy (non-hydrogen) atoms. The molecule has 2 aliphatic rings. The summed E-state index contributed by atoms with van der Waals surface area (Å²) in [7, 11) is 0. The molecule has 1 atom stereocenters. The van der Waals surface area contributed by atoms with Gasteiger partial charge in [-0.1, -0.05) is 36.7 Å². The number of amides is 1. The average molecular weight is 374 g/mol. The van der Waals surface area contributed by atoms with E-state index >= 15 is 0 Å². The molecule has 2 aromatic rings. The minimum atomic E-state index is -0.301. The van der Waals surface area contributed by atoms with E-state index in [1.807, 2.05) is 11.5 Å². The van der Waals surface area contributed by atoms with Crippen molar-refractivity contribution in [1.29, 1.82) is 0 Å². The van der Waals surface area contributed by atoms with E-state index in [0.29, 0.717) is 28.6 Å². The van der Waals surface area contributed by atoms with Crippen LogP contribution in [0.3, 0.4) is 0 Å². The van der Waals surface area contributed by atoms with Gasteiger partial charge in [-0.25, -0.2) is 4.39 Å². The fraction of sp³-hybridized carbons (Fsp3) is 0.526. The molecule has 5 nitrogen and oxygen atoms in total. The first-order chi connectivity index (χ1) is 12.6. The van der Waals surface area contributed by atoms with Gasteiger partial charge in [-0.3, -0.25) is 9.36 Å². The number of benzene rings is 1. The number of carbonyl (C=O) groups is 1. The Labute approximate surface area is 156 Å². The van der Waals surface area contributed by atoms with Crippen LogP contribution < -0.4 is 5.32 Å². The average Bonchev–Trinajstić information content (AvgIpc) is 3.18. The highest BCUT2D eigenvalue weighted by Crippen LogP contribution is 2.42. The van der Waals surface area contributed by atoms with Crippen molar-refractivity contribution < 1.29 is 9.18 Å². The number of aromatic nitrogens is 3. The lowest BCUT2D eigenvalue weighted by atomic mass is 10.2. The third-order valence-corrected chi connectivity index (χ3v) is 6.10. The van der Waals surface area contributed by atoms with Crippen LogP contribution in [0.2, 0.25) is 0 Å². The van der Waals surface area contributed by atoms with Crippen molar-refractivity contribution in [3.63, 3.8) is 0 Å². The van der Waals surface area contributed by atoms with E-state index in [0.717, 1.165) is 25.7 Å². The minimum Gasteiger partial charge on any atom is -0.352 e. The number of hydrogen-bond donors (Lipinski definition) is 1. The van der Waals surface area contributed by atoms with Crippen molar-refractivity contribution in [2.75, 3.05) is 0 Å². The van der Waals surface area contributed by atoms with E-state index in [9.17, 15) is 9.18 Å². The first-order valence-electron chi connectivity index (χ1n) is 9.30. The minimum absolute atomic E-state index is 0.0414. The summed E-state index contributed by atoms with van der Waals surface area (Å²) in [5.41, 5.74) is 0.460. The lowest BCUT2D eigenvalue weighted by molar-refractivity contribution is -0.120. The third-order valence-electron chi connectivity index (χ3n) is 5.04. The highest BCUT2D eigenvalue weighted by Gasteiger charge is 2.32. The zero-order valence-electron chi connectivity index (χ0n) is 14.8. The van der Waals surface area contributed by atoms with Gasteiger partial charge < -0.3 is 5.32 Å². The van der Waals surface area contributed by atoms with Crippen LogP contribution in [-0.2, 0) is 4.79 Å². The summed E-state index contributed by atoms with van der Waals surface area (Å²) in [6.07, 6.45) is 6.59. The maximum atomic E-state index is 14.2. The summed E-state index contributed by atoms with van der Waals surface area (Å²) in [5.74, 6) is 0.293. The van der Waals surface area contributed by atoms with E-state index in [1.54, 1.807) is 18.2 Å². The lowest BCUT2D eigenvalue weighted by Gasteiger charge is -2.16. The normalized spacial score (nSPS) is 18.8. The Bertz CT molecular complexity index is 799. The van der Waals surface area contributed by atoms with Crippen molar-refractivity contribution in [3.8, 4) is 11.4 Å². The van der Waals surface area contributed by atoms with E-state index in [-0.39, 0.29) is 17.0 Å². The van der Waals surface area contributed by atoms with Gasteiger partial charge in [0.2, 0.25) is 5.91 Å². The summed E-state index contributed by atoms with van der Waals surface area (Å²) < 4.78 is 16.2. The van der Waals surface area contributed by atoms with Crippen molar-refractivity contribution in [3.05, 3.63) is 30.1 Å². The molecule has 2 aliphatic carbocycles. The second-order valence-electron chi connectivity index (χ2n) is 7.14. The van der Waals surface area contributed by atoms with Crippen molar-refractivity contribution in [1.82, 2.24) is 20.1 Å². The SMILES string of the molecule is C[C@H](Sc1nnc(-c2ccccc2F)n1C1CC1)C(=O)NC1CCCC1. The van der Waals surface area contributed by atoms with Crippen LogP contribution in [-0.4, -0.2) is 32.0 Å². The van der Waals surface area contributed by atoms with Gasteiger partial charge in [0, 0.05) is 12.1 Å². The van der Waals surface area contributed by atoms with Crippen molar-refractivity contribution in [2.24, 2.45) is 0 Å². The molecule has 1 heterocycles. The van der Waals surface area contributed by atoms with Gasteiger partial charge in [0.1, 0.15) is 5.82 Å². The van der Waals surface area contributed by atoms with E-state index in [1.165, 1.54) is 30.7 Å². The smallest absolute Gasteiger partial charge is 0.233 e. The molecule has 1 amide bonds. The number of carbonyl (C=O) groups excluding carboxylic acids is 1. The number of halogens is 1. The van der Waals surface area contributed by atoms with Gasteiger partial charge >= 0.3 is 0 Å². The zero-order chi connectivity index (χ0) is 18.1. The van der Waals surface area contributed by atoms with E-state index in [4.69, 9.17) is 0 Å². The van der Waals surface area contributed by atoms with E-state index in [2.05, 4.69) is 15.5 Å². The molecule has 1 aromatic heterocycles. The summed E-state index contributed by atoms with van der Waals surface area (Å²) in [4.78, 5) is 12.5. The molecule has 138 valence electrons. The van der Waals surface area contributed by atoms with Gasteiger partial charge in [0.05, 0.1) is 10.8 Å². The molecule has 1 N–H and O–H groups in total. The number of rotatable bonds is 6. The molecule has 0 saturated heterocycles. The Morgan fingerprint density at radius 2 is 1.96 bits per heavy atom. The molecule has 0 bridgehead atoms. The first-order valence-corrected chi connectivity index (χ1v) is 10.2. The Hall–Kier alpha value is -1.89. The molecular weight excluding hydrogens is 351 g/mol. The van der Waals surface area contributed by atoms with Gasteiger partial charge in [-0.15, -0.1) is 10.2 Å².